The summed E-state index contributed by atoms with van der Waals surface area (Å²) in [6.07, 6.45) is 4.02. The Bertz CT molecular complexity index is 1440. The van der Waals surface area contributed by atoms with Crippen molar-refractivity contribution >= 4 is 16.8 Å². The van der Waals surface area contributed by atoms with Gasteiger partial charge in [-0.2, -0.15) is 5.26 Å². The standard InChI is InChI=1S/C29H28N6O/c1-19-24-15-25(21-5-3-2-4-6-21)28(34-26(24)16-27(33-19)29(31)36)22-9-7-20(8-10-22)17-35-13-11-23(12-14-35)32-18-30/h2-10,15-16,23,32H,11-14,17H2,1H3,(H2,31,36). The van der Waals surface area contributed by atoms with Crippen LogP contribution in [0.1, 0.15) is 34.6 Å². The number of hydrogen-bond acceptors (Lipinski definition) is 6. The lowest BCUT2D eigenvalue weighted by Crippen LogP contribution is -2.40. The minimum Gasteiger partial charge on any atom is -0.364 e. The molecule has 0 spiro atoms. The van der Waals surface area contributed by atoms with E-state index in [0.29, 0.717) is 5.52 Å². The van der Waals surface area contributed by atoms with E-state index in [0.717, 1.165) is 65.9 Å². The minimum absolute atomic E-state index is 0.218. The van der Waals surface area contributed by atoms with Crippen LogP contribution >= 0.6 is 0 Å². The van der Waals surface area contributed by atoms with E-state index in [9.17, 15) is 4.79 Å². The molecule has 0 atom stereocenters. The van der Waals surface area contributed by atoms with Gasteiger partial charge in [0, 0.05) is 47.9 Å². The summed E-state index contributed by atoms with van der Waals surface area (Å²) in [6, 6.07) is 22.8. The van der Waals surface area contributed by atoms with E-state index >= 15 is 0 Å². The molecule has 7 nitrogen and oxygen atoms in total. The molecule has 36 heavy (non-hydrogen) atoms. The predicted molar refractivity (Wildman–Crippen MR) is 141 cm³/mol. The summed E-state index contributed by atoms with van der Waals surface area (Å²) in [6.45, 7) is 4.70. The number of piperidine rings is 1. The zero-order valence-corrected chi connectivity index (χ0v) is 20.2. The summed E-state index contributed by atoms with van der Waals surface area (Å²) >= 11 is 0. The Hall–Kier alpha value is -4.28. The van der Waals surface area contributed by atoms with Crippen LogP contribution in [0, 0.1) is 18.4 Å². The second-order valence-corrected chi connectivity index (χ2v) is 9.28. The Morgan fingerprint density at radius 1 is 1.06 bits per heavy atom. The zero-order chi connectivity index (χ0) is 25.1. The van der Waals surface area contributed by atoms with E-state index in [4.69, 9.17) is 16.0 Å². The van der Waals surface area contributed by atoms with Crippen LogP contribution in [0.25, 0.3) is 33.3 Å². The number of pyridine rings is 2. The van der Waals surface area contributed by atoms with E-state index in [1.54, 1.807) is 6.07 Å². The molecule has 1 aliphatic heterocycles. The molecule has 0 saturated carbocycles. The van der Waals surface area contributed by atoms with Crippen molar-refractivity contribution in [3.8, 4) is 28.6 Å². The maximum atomic E-state index is 11.8. The van der Waals surface area contributed by atoms with Gasteiger partial charge in [0.1, 0.15) is 5.69 Å². The average Bonchev–Trinajstić information content (AvgIpc) is 2.90. The topological polar surface area (TPSA) is 108 Å². The number of nitrogens with one attached hydrogen (secondary N) is 1. The molecule has 1 fully saturated rings. The third-order valence-corrected chi connectivity index (χ3v) is 6.83. The Kier molecular flexibility index (Phi) is 6.61. The molecule has 1 aliphatic rings. The lowest BCUT2D eigenvalue weighted by molar-refractivity contribution is 0.0995. The Labute approximate surface area is 210 Å². The highest BCUT2D eigenvalue weighted by atomic mass is 16.1. The summed E-state index contributed by atoms with van der Waals surface area (Å²) < 4.78 is 0. The second-order valence-electron chi connectivity index (χ2n) is 9.28. The Balaban J connectivity index is 1.49. The van der Waals surface area contributed by atoms with E-state index in [1.807, 2.05) is 25.1 Å². The molecule has 1 saturated heterocycles. The molecular weight excluding hydrogens is 448 g/mol. The van der Waals surface area contributed by atoms with Crippen LogP contribution in [-0.4, -0.2) is 39.9 Å². The van der Waals surface area contributed by atoms with Crippen molar-refractivity contribution in [3.05, 3.63) is 83.7 Å². The van der Waals surface area contributed by atoms with Gasteiger partial charge in [0.25, 0.3) is 5.91 Å². The number of carbonyl (C=O) groups is 1. The van der Waals surface area contributed by atoms with Gasteiger partial charge in [-0.25, -0.2) is 9.97 Å². The number of aromatic nitrogens is 2. The van der Waals surface area contributed by atoms with E-state index in [1.165, 1.54) is 5.56 Å². The molecule has 5 rings (SSSR count). The van der Waals surface area contributed by atoms with Gasteiger partial charge in [-0.15, -0.1) is 0 Å². The molecule has 3 N–H and O–H groups in total. The van der Waals surface area contributed by atoms with Gasteiger partial charge in [0.15, 0.2) is 6.19 Å². The molecule has 2 aromatic carbocycles. The van der Waals surface area contributed by atoms with Crippen molar-refractivity contribution in [2.75, 3.05) is 13.1 Å². The number of aryl methyl sites for hydroxylation is 1. The van der Waals surface area contributed by atoms with Gasteiger partial charge in [-0.1, -0.05) is 54.6 Å². The number of nitriles is 1. The lowest BCUT2D eigenvalue weighted by atomic mass is 9.96. The van der Waals surface area contributed by atoms with Gasteiger partial charge in [-0.05, 0) is 43.0 Å². The third-order valence-electron chi connectivity index (χ3n) is 6.83. The summed E-state index contributed by atoms with van der Waals surface area (Å²) in [5, 5.41) is 12.6. The lowest BCUT2D eigenvalue weighted by Gasteiger charge is -2.31. The quantitative estimate of drug-likeness (QED) is 0.315. The normalized spacial score (nSPS) is 14.4. The van der Waals surface area contributed by atoms with E-state index in [-0.39, 0.29) is 11.7 Å². The van der Waals surface area contributed by atoms with Crippen LogP contribution < -0.4 is 11.1 Å². The minimum atomic E-state index is -0.563. The molecule has 0 bridgehead atoms. The number of carbonyl (C=O) groups excluding carboxylic acids is 1. The molecule has 7 heteroatoms. The summed E-state index contributed by atoms with van der Waals surface area (Å²) in [5.41, 5.74) is 12.3. The fourth-order valence-electron chi connectivity index (χ4n) is 4.87. The SMILES string of the molecule is Cc1nc(C(N)=O)cc2nc(-c3ccc(CN4CCC(NC#N)CC4)cc3)c(-c3ccccc3)cc12. The van der Waals surface area contributed by atoms with Crippen molar-refractivity contribution in [2.24, 2.45) is 5.73 Å². The number of amides is 1. The molecule has 180 valence electrons. The van der Waals surface area contributed by atoms with Crippen LogP contribution in [0.3, 0.4) is 0 Å². The molecule has 2 aromatic heterocycles. The van der Waals surface area contributed by atoms with Crippen molar-refractivity contribution in [2.45, 2.75) is 32.4 Å². The maximum absolute atomic E-state index is 11.8. The molecule has 3 heterocycles. The van der Waals surface area contributed by atoms with Crippen LogP contribution in [0.2, 0.25) is 0 Å². The highest BCUT2D eigenvalue weighted by molar-refractivity contribution is 5.98. The Morgan fingerprint density at radius 3 is 2.44 bits per heavy atom. The smallest absolute Gasteiger partial charge is 0.267 e. The highest BCUT2D eigenvalue weighted by Crippen LogP contribution is 2.34. The summed E-state index contributed by atoms with van der Waals surface area (Å²) in [7, 11) is 0. The number of likely N-dealkylation sites (tertiary alicyclic amines) is 1. The third kappa shape index (κ3) is 4.90. The van der Waals surface area contributed by atoms with Gasteiger partial charge < -0.3 is 11.1 Å². The molecule has 0 aliphatic carbocycles. The van der Waals surface area contributed by atoms with Gasteiger partial charge in [-0.3, -0.25) is 9.69 Å². The van der Waals surface area contributed by atoms with Crippen LogP contribution in [0.15, 0.2) is 66.7 Å². The van der Waals surface area contributed by atoms with Crippen molar-refractivity contribution < 1.29 is 4.79 Å². The van der Waals surface area contributed by atoms with Crippen LogP contribution in [0.4, 0.5) is 0 Å². The number of hydrogen-bond donors (Lipinski definition) is 2. The fraction of sp³-hybridized carbons (Fsp3) is 0.241. The first-order valence-electron chi connectivity index (χ1n) is 12.2. The number of nitrogens with two attached hydrogens (primary N) is 1. The number of primary amides is 1. The number of benzene rings is 2. The zero-order valence-electron chi connectivity index (χ0n) is 20.2. The fourth-order valence-corrected chi connectivity index (χ4v) is 4.87. The largest absolute Gasteiger partial charge is 0.364 e. The van der Waals surface area contributed by atoms with E-state index in [2.05, 4.69) is 63.9 Å². The second kappa shape index (κ2) is 10.1. The van der Waals surface area contributed by atoms with Crippen molar-refractivity contribution in [3.63, 3.8) is 0 Å². The first kappa shape index (κ1) is 23.5. The average molecular weight is 477 g/mol. The molecule has 0 unspecified atom stereocenters. The molecular formula is C29H28N6O. The monoisotopic (exact) mass is 476 g/mol. The van der Waals surface area contributed by atoms with Gasteiger partial charge in [0.05, 0.1) is 11.2 Å². The maximum Gasteiger partial charge on any atom is 0.267 e. The predicted octanol–water partition coefficient (Wildman–Crippen LogP) is 4.41. The van der Waals surface area contributed by atoms with Crippen LogP contribution in [0.5, 0.6) is 0 Å². The number of fused-ring (bicyclic) bond motifs is 1. The van der Waals surface area contributed by atoms with E-state index < -0.39 is 5.91 Å². The first-order valence-corrected chi connectivity index (χ1v) is 12.2. The summed E-state index contributed by atoms with van der Waals surface area (Å²) in [5.74, 6) is -0.563. The van der Waals surface area contributed by atoms with Crippen molar-refractivity contribution in [1.82, 2.24) is 20.2 Å². The molecule has 0 radical (unpaired) electrons. The van der Waals surface area contributed by atoms with Crippen LogP contribution in [-0.2, 0) is 6.54 Å². The van der Waals surface area contributed by atoms with Gasteiger partial charge in [0.2, 0.25) is 0 Å². The highest BCUT2D eigenvalue weighted by Gasteiger charge is 2.19. The summed E-state index contributed by atoms with van der Waals surface area (Å²) in [4.78, 5) is 23.6. The first-order chi connectivity index (χ1) is 17.5. The molecule has 4 aromatic rings. The number of rotatable bonds is 6. The van der Waals surface area contributed by atoms with Crippen molar-refractivity contribution in [1.29, 1.82) is 5.26 Å². The van der Waals surface area contributed by atoms with Gasteiger partial charge >= 0.3 is 0 Å². The molecule has 1 amide bonds. The Morgan fingerprint density at radius 2 is 1.78 bits per heavy atom. The number of nitrogens with zero attached hydrogens (tertiary/aromatic N) is 4.